The lowest BCUT2D eigenvalue weighted by Gasteiger charge is -2.37. The molecule has 0 aliphatic carbocycles. The molecule has 0 spiro atoms. The molecule has 0 aromatic heterocycles. The summed E-state index contributed by atoms with van der Waals surface area (Å²) in [5.74, 6) is 0. The molecule has 0 amide bonds. The third-order valence-corrected chi connectivity index (χ3v) is 5.86. The molecular weight excluding hydrogens is 371 g/mol. The van der Waals surface area contributed by atoms with Gasteiger partial charge in [0, 0.05) is 17.9 Å². The van der Waals surface area contributed by atoms with Crippen molar-refractivity contribution in [3.05, 3.63) is 24.3 Å². The lowest BCUT2D eigenvalue weighted by molar-refractivity contribution is -0.0435. The number of rotatable bonds is 3. The average molecular weight is 386 g/mol. The molecule has 1 aliphatic rings. The van der Waals surface area contributed by atoms with Crippen molar-refractivity contribution in [1.29, 1.82) is 0 Å². The molecule has 1 aliphatic heterocycles. The Labute approximate surface area is 130 Å². The van der Waals surface area contributed by atoms with Gasteiger partial charge in [0.1, 0.15) is 0 Å². The number of halogens is 4. The number of alkyl halides is 4. The van der Waals surface area contributed by atoms with E-state index in [1.165, 1.54) is 12.1 Å². The van der Waals surface area contributed by atoms with Crippen LogP contribution < -0.4 is 4.90 Å². The Balaban J connectivity index is 2.51. The van der Waals surface area contributed by atoms with Crippen molar-refractivity contribution in [1.82, 2.24) is 0 Å². The second-order valence-corrected chi connectivity index (χ2v) is 7.47. The molecule has 1 fully saturated rings. The van der Waals surface area contributed by atoms with Crippen LogP contribution in [0.4, 0.5) is 18.9 Å². The summed E-state index contributed by atoms with van der Waals surface area (Å²) in [5.41, 5.74) is -5.15. The van der Waals surface area contributed by atoms with Crippen LogP contribution in [0.3, 0.4) is 0 Å². The molecule has 1 saturated heterocycles. The predicted octanol–water partition coefficient (Wildman–Crippen LogP) is 3.73. The molecule has 1 unspecified atom stereocenters. The lowest BCUT2D eigenvalue weighted by atomic mass is 10.0. The van der Waals surface area contributed by atoms with Gasteiger partial charge in [-0.05, 0) is 31.4 Å². The second-order valence-electron chi connectivity index (χ2n) is 4.91. The maximum absolute atomic E-state index is 12.8. The maximum Gasteiger partial charge on any atom is 0.501 e. The highest BCUT2D eigenvalue weighted by Crippen LogP contribution is 2.37. The van der Waals surface area contributed by atoms with E-state index in [1.54, 1.807) is 11.0 Å². The molecule has 21 heavy (non-hydrogen) atoms. The fourth-order valence-electron chi connectivity index (χ4n) is 2.52. The van der Waals surface area contributed by atoms with Crippen molar-refractivity contribution in [3.8, 4) is 0 Å². The average Bonchev–Trinajstić information content (AvgIpc) is 2.46. The van der Waals surface area contributed by atoms with Crippen molar-refractivity contribution < 1.29 is 21.6 Å². The molecule has 0 radical (unpaired) electrons. The van der Waals surface area contributed by atoms with Gasteiger partial charge in [-0.25, -0.2) is 8.42 Å². The summed E-state index contributed by atoms with van der Waals surface area (Å²) in [5, 5.41) is 0.591. The SMILES string of the molecule is O=S(=O)(c1ccccc1N1CCCCC1CBr)C(F)(F)F. The van der Waals surface area contributed by atoms with Crippen molar-refractivity contribution >= 4 is 31.5 Å². The van der Waals surface area contributed by atoms with Crippen molar-refractivity contribution in [2.45, 2.75) is 35.7 Å². The Bertz CT molecular complexity index is 604. The van der Waals surface area contributed by atoms with Crippen molar-refractivity contribution in [2.75, 3.05) is 16.8 Å². The smallest absolute Gasteiger partial charge is 0.367 e. The topological polar surface area (TPSA) is 37.4 Å². The summed E-state index contributed by atoms with van der Waals surface area (Å²) < 4.78 is 62.0. The van der Waals surface area contributed by atoms with Crippen LogP contribution in [-0.4, -0.2) is 31.8 Å². The zero-order valence-electron chi connectivity index (χ0n) is 11.1. The molecular formula is C13H15BrF3NO2S. The maximum atomic E-state index is 12.8. The minimum absolute atomic E-state index is 0.00309. The highest BCUT2D eigenvalue weighted by atomic mass is 79.9. The van der Waals surface area contributed by atoms with Crippen LogP contribution in [0, 0.1) is 0 Å². The molecule has 118 valence electrons. The molecule has 8 heteroatoms. The van der Waals surface area contributed by atoms with E-state index in [4.69, 9.17) is 0 Å². The van der Waals surface area contributed by atoms with E-state index in [2.05, 4.69) is 15.9 Å². The van der Waals surface area contributed by atoms with Gasteiger partial charge in [-0.15, -0.1) is 0 Å². The Morgan fingerprint density at radius 3 is 2.52 bits per heavy atom. The number of hydrogen-bond donors (Lipinski definition) is 0. The Morgan fingerprint density at radius 2 is 1.90 bits per heavy atom. The predicted molar refractivity (Wildman–Crippen MR) is 78.5 cm³/mol. The van der Waals surface area contributed by atoms with Gasteiger partial charge >= 0.3 is 5.51 Å². The molecule has 1 atom stereocenters. The fraction of sp³-hybridized carbons (Fsp3) is 0.538. The number of nitrogens with zero attached hydrogens (tertiary/aromatic N) is 1. The van der Waals surface area contributed by atoms with Crippen LogP contribution in [0.5, 0.6) is 0 Å². The third-order valence-electron chi connectivity index (χ3n) is 3.57. The quantitative estimate of drug-likeness (QED) is 0.743. The van der Waals surface area contributed by atoms with Gasteiger partial charge in [-0.1, -0.05) is 28.1 Å². The first-order valence-corrected chi connectivity index (χ1v) is 9.12. The van der Waals surface area contributed by atoms with Crippen LogP contribution in [0.15, 0.2) is 29.2 Å². The molecule has 0 N–H and O–H groups in total. The minimum Gasteiger partial charge on any atom is -0.367 e. The third kappa shape index (κ3) is 3.21. The molecule has 1 aromatic carbocycles. The zero-order chi connectivity index (χ0) is 15.7. The number of piperidine rings is 1. The molecule has 1 aromatic rings. The summed E-state index contributed by atoms with van der Waals surface area (Å²) in [6.07, 6.45) is 2.65. The van der Waals surface area contributed by atoms with Gasteiger partial charge < -0.3 is 4.90 Å². The van der Waals surface area contributed by atoms with E-state index in [1.807, 2.05) is 0 Å². The standard InChI is InChI=1S/C13H15BrF3NO2S/c14-9-10-5-3-4-8-18(10)11-6-1-2-7-12(11)21(19,20)13(15,16)17/h1-2,6-7,10H,3-5,8-9H2. The Kier molecular flexibility index (Phi) is 4.87. The number of benzene rings is 1. The molecule has 3 nitrogen and oxygen atoms in total. The Morgan fingerprint density at radius 1 is 1.24 bits per heavy atom. The highest BCUT2D eigenvalue weighted by Gasteiger charge is 2.48. The van der Waals surface area contributed by atoms with Crippen LogP contribution in [0.2, 0.25) is 0 Å². The van der Waals surface area contributed by atoms with Crippen molar-refractivity contribution in [2.24, 2.45) is 0 Å². The van der Waals surface area contributed by atoms with Crippen LogP contribution in [0.25, 0.3) is 0 Å². The number of sulfone groups is 1. The molecule has 2 rings (SSSR count). The van der Waals surface area contributed by atoms with Gasteiger partial charge in [0.15, 0.2) is 0 Å². The van der Waals surface area contributed by atoms with E-state index >= 15 is 0 Å². The van der Waals surface area contributed by atoms with Gasteiger partial charge in [-0.3, -0.25) is 0 Å². The van der Waals surface area contributed by atoms with E-state index in [9.17, 15) is 21.6 Å². The largest absolute Gasteiger partial charge is 0.501 e. The Hall–Kier alpha value is -0.760. The van der Waals surface area contributed by atoms with E-state index in [0.717, 1.165) is 25.3 Å². The first-order chi connectivity index (χ1) is 9.79. The molecule has 1 heterocycles. The first kappa shape index (κ1) is 16.6. The number of anilines is 1. The fourth-order valence-corrected chi connectivity index (χ4v) is 4.17. The van der Waals surface area contributed by atoms with Crippen LogP contribution >= 0.6 is 15.9 Å². The monoisotopic (exact) mass is 385 g/mol. The van der Waals surface area contributed by atoms with Gasteiger partial charge in [-0.2, -0.15) is 13.2 Å². The summed E-state index contributed by atoms with van der Waals surface area (Å²) in [4.78, 5) is 1.10. The first-order valence-electron chi connectivity index (χ1n) is 6.52. The van der Waals surface area contributed by atoms with E-state index < -0.39 is 20.2 Å². The van der Waals surface area contributed by atoms with Gasteiger partial charge in [0.05, 0.1) is 10.6 Å². The highest BCUT2D eigenvalue weighted by molar-refractivity contribution is 9.09. The second kappa shape index (κ2) is 6.16. The van der Waals surface area contributed by atoms with Crippen LogP contribution in [0.1, 0.15) is 19.3 Å². The van der Waals surface area contributed by atoms with E-state index in [0.29, 0.717) is 11.9 Å². The lowest BCUT2D eigenvalue weighted by Crippen LogP contribution is -2.41. The number of para-hydroxylation sites is 1. The minimum atomic E-state index is -5.35. The molecule has 0 saturated carbocycles. The summed E-state index contributed by atoms with van der Waals surface area (Å²) in [6.45, 7) is 0.556. The molecule has 0 bridgehead atoms. The van der Waals surface area contributed by atoms with Crippen LogP contribution in [-0.2, 0) is 9.84 Å². The van der Waals surface area contributed by atoms with Gasteiger partial charge in [0.2, 0.25) is 0 Å². The summed E-state index contributed by atoms with van der Waals surface area (Å²) in [6, 6.07) is 5.35. The van der Waals surface area contributed by atoms with Gasteiger partial charge in [0.25, 0.3) is 9.84 Å². The number of hydrogen-bond acceptors (Lipinski definition) is 3. The zero-order valence-corrected chi connectivity index (χ0v) is 13.5. The van der Waals surface area contributed by atoms with Crippen molar-refractivity contribution in [3.63, 3.8) is 0 Å². The summed E-state index contributed by atoms with van der Waals surface area (Å²) >= 11 is 3.35. The van der Waals surface area contributed by atoms with E-state index in [-0.39, 0.29) is 11.7 Å². The summed E-state index contributed by atoms with van der Waals surface area (Å²) in [7, 11) is -5.35. The normalized spacial score (nSPS) is 20.6.